The zero-order valence-electron chi connectivity index (χ0n) is 11.5. The number of ether oxygens (including phenoxy) is 1. The van der Waals surface area contributed by atoms with Gasteiger partial charge in [-0.1, -0.05) is 83.3 Å². The van der Waals surface area contributed by atoms with Gasteiger partial charge in [-0.15, -0.1) is 0 Å². The summed E-state index contributed by atoms with van der Waals surface area (Å²) in [6.07, 6.45) is 0. The average Bonchev–Trinajstić information content (AvgIpc) is 3.30. The highest BCUT2D eigenvalue weighted by Gasteiger charge is 2.44. The molecule has 0 saturated carbocycles. The Labute approximate surface area is 138 Å². The molecule has 2 nitrogen and oxygen atoms in total. The molecular weight excluding hydrogens is 375 g/mol. The molecule has 0 atom stereocenters. The Kier molecular flexibility index (Phi) is 4.39. The molecule has 3 heteroatoms. The zero-order chi connectivity index (χ0) is 14.7. The summed E-state index contributed by atoms with van der Waals surface area (Å²) in [6.45, 7) is 0.472. The zero-order valence-corrected chi connectivity index (χ0v) is 13.6. The van der Waals surface area contributed by atoms with Crippen molar-refractivity contribution in [3.8, 4) is 0 Å². The second kappa shape index (κ2) is 6.43. The molecule has 1 aliphatic rings. The van der Waals surface area contributed by atoms with Gasteiger partial charge in [-0.3, -0.25) is 4.79 Å². The molecule has 0 amide bonds. The molecule has 0 saturated heterocycles. The molecule has 0 heterocycles. The van der Waals surface area contributed by atoms with Crippen molar-refractivity contribution in [2.75, 3.05) is 11.0 Å². The van der Waals surface area contributed by atoms with E-state index in [1.54, 1.807) is 0 Å². The van der Waals surface area contributed by atoms with E-state index in [9.17, 15) is 4.79 Å². The number of hydrogen-bond donors (Lipinski definition) is 0. The van der Waals surface area contributed by atoms with Crippen molar-refractivity contribution < 1.29 is 9.53 Å². The van der Waals surface area contributed by atoms with Gasteiger partial charge in [0.25, 0.3) is 0 Å². The van der Waals surface area contributed by atoms with Crippen LogP contribution in [0.1, 0.15) is 11.1 Å². The standard InChI is InChI=1S/C18H15IO2/c19-11-12-21-18(20)17-15(13-7-3-1-4-8-13)16(17)14-9-5-2-6-10-14/h1-10,17H,11-12H2. The van der Waals surface area contributed by atoms with E-state index < -0.39 is 0 Å². The van der Waals surface area contributed by atoms with Crippen molar-refractivity contribution in [1.29, 1.82) is 0 Å². The summed E-state index contributed by atoms with van der Waals surface area (Å²) in [5.74, 6) is -0.345. The fourth-order valence-electron chi connectivity index (χ4n) is 2.56. The molecule has 0 aromatic heterocycles. The average molecular weight is 390 g/mol. The summed E-state index contributed by atoms with van der Waals surface area (Å²) >= 11 is 2.21. The molecular formula is C18H15IO2. The molecule has 0 fully saturated rings. The van der Waals surface area contributed by atoms with E-state index in [4.69, 9.17) is 4.74 Å². The highest BCUT2D eigenvalue weighted by atomic mass is 127. The Morgan fingerprint density at radius 3 is 1.81 bits per heavy atom. The molecule has 2 aromatic rings. The van der Waals surface area contributed by atoms with Crippen LogP contribution in [0.2, 0.25) is 0 Å². The Hall–Kier alpha value is -1.62. The monoisotopic (exact) mass is 390 g/mol. The number of benzene rings is 2. The number of esters is 1. The summed E-state index contributed by atoms with van der Waals surface area (Å²) < 4.78 is 6.15. The number of carbonyl (C=O) groups excluding carboxylic acids is 1. The number of halogens is 1. The second-order valence-corrected chi connectivity index (χ2v) is 5.93. The van der Waals surface area contributed by atoms with Gasteiger partial charge in [0, 0.05) is 4.43 Å². The number of rotatable bonds is 5. The van der Waals surface area contributed by atoms with Crippen LogP contribution in [0, 0.1) is 5.92 Å². The maximum atomic E-state index is 12.3. The lowest BCUT2D eigenvalue weighted by Gasteiger charge is -2.03. The van der Waals surface area contributed by atoms with E-state index in [-0.39, 0.29) is 11.9 Å². The van der Waals surface area contributed by atoms with Crippen LogP contribution in [0.5, 0.6) is 0 Å². The van der Waals surface area contributed by atoms with Crippen molar-refractivity contribution in [1.82, 2.24) is 0 Å². The maximum absolute atomic E-state index is 12.3. The molecule has 2 aromatic carbocycles. The van der Waals surface area contributed by atoms with Crippen LogP contribution in [0.15, 0.2) is 60.7 Å². The maximum Gasteiger partial charge on any atom is 0.318 e. The minimum Gasteiger partial charge on any atom is -0.464 e. The predicted octanol–water partition coefficient (Wildman–Crippen LogP) is 4.21. The van der Waals surface area contributed by atoms with Gasteiger partial charge in [0.05, 0.1) is 0 Å². The van der Waals surface area contributed by atoms with E-state index >= 15 is 0 Å². The summed E-state index contributed by atoms with van der Waals surface area (Å²) in [7, 11) is 0. The Morgan fingerprint density at radius 1 is 0.905 bits per heavy atom. The van der Waals surface area contributed by atoms with Crippen LogP contribution in [0.25, 0.3) is 11.1 Å². The van der Waals surface area contributed by atoms with Gasteiger partial charge in [0.1, 0.15) is 12.5 Å². The second-order valence-electron chi connectivity index (χ2n) is 4.85. The lowest BCUT2D eigenvalue weighted by atomic mass is 10.1. The quantitative estimate of drug-likeness (QED) is 0.435. The lowest BCUT2D eigenvalue weighted by molar-refractivity contribution is -0.143. The van der Waals surface area contributed by atoms with Crippen LogP contribution < -0.4 is 0 Å². The Balaban J connectivity index is 1.91. The van der Waals surface area contributed by atoms with E-state index in [2.05, 4.69) is 22.6 Å². The summed E-state index contributed by atoms with van der Waals surface area (Å²) in [6, 6.07) is 20.1. The first kappa shape index (κ1) is 14.3. The molecule has 0 spiro atoms. The van der Waals surface area contributed by atoms with Gasteiger partial charge in [-0.25, -0.2) is 0 Å². The topological polar surface area (TPSA) is 26.3 Å². The summed E-state index contributed by atoms with van der Waals surface area (Å²) in [4.78, 5) is 12.3. The van der Waals surface area contributed by atoms with Crippen molar-refractivity contribution in [3.63, 3.8) is 0 Å². The van der Waals surface area contributed by atoms with Crippen LogP contribution in [0.3, 0.4) is 0 Å². The summed E-state index contributed by atoms with van der Waals surface area (Å²) in [5, 5.41) is 0. The molecule has 0 unspecified atom stereocenters. The number of carbonyl (C=O) groups is 1. The smallest absolute Gasteiger partial charge is 0.318 e. The first-order valence-corrected chi connectivity index (χ1v) is 8.43. The van der Waals surface area contributed by atoms with Gasteiger partial charge in [-0.05, 0) is 22.3 Å². The largest absolute Gasteiger partial charge is 0.464 e. The predicted molar refractivity (Wildman–Crippen MR) is 93.0 cm³/mol. The first-order chi connectivity index (χ1) is 10.3. The molecule has 0 aliphatic heterocycles. The Morgan fingerprint density at radius 2 is 1.38 bits per heavy atom. The third kappa shape index (κ3) is 3.02. The minimum atomic E-state index is -0.210. The van der Waals surface area contributed by atoms with Crippen LogP contribution >= 0.6 is 22.6 Å². The van der Waals surface area contributed by atoms with Gasteiger partial charge < -0.3 is 4.74 Å². The summed E-state index contributed by atoms with van der Waals surface area (Å²) in [5.41, 5.74) is 4.40. The normalized spacial score (nSPS) is 14.1. The van der Waals surface area contributed by atoms with Gasteiger partial charge in [-0.2, -0.15) is 0 Å². The third-order valence-corrected chi connectivity index (χ3v) is 3.95. The van der Waals surface area contributed by atoms with E-state index in [1.807, 2.05) is 60.7 Å². The SMILES string of the molecule is O=C(OCCI)C1C(c2ccccc2)=C1c1ccccc1. The molecule has 3 rings (SSSR count). The lowest BCUT2D eigenvalue weighted by Crippen LogP contribution is -2.11. The van der Waals surface area contributed by atoms with Crippen molar-refractivity contribution in [2.45, 2.75) is 0 Å². The van der Waals surface area contributed by atoms with Gasteiger partial charge in [0.15, 0.2) is 0 Å². The van der Waals surface area contributed by atoms with E-state index in [1.165, 1.54) is 0 Å². The molecule has 0 bridgehead atoms. The molecule has 106 valence electrons. The highest BCUT2D eigenvalue weighted by Crippen LogP contribution is 2.53. The molecule has 0 N–H and O–H groups in total. The van der Waals surface area contributed by atoms with E-state index in [0.29, 0.717) is 6.61 Å². The molecule has 1 aliphatic carbocycles. The van der Waals surface area contributed by atoms with Crippen LogP contribution in [-0.4, -0.2) is 17.0 Å². The highest BCUT2D eigenvalue weighted by molar-refractivity contribution is 14.1. The van der Waals surface area contributed by atoms with Crippen LogP contribution in [-0.2, 0) is 9.53 Å². The fraction of sp³-hybridized carbons (Fsp3) is 0.167. The van der Waals surface area contributed by atoms with Crippen LogP contribution in [0.4, 0.5) is 0 Å². The Bertz CT molecular complexity index is 613. The first-order valence-electron chi connectivity index (χ1n) is 6.90. The fourth-order valence-corrected chi connectivity index (χ4v) is 2.78. The molecule has 0 radical (unpaired) electrons. The van der Waals surface area contributed by atoms with Crippen molar-refractivity contribution >= 4 is 39.7 Å². The minimum absolute atomic E-state index is 0.135. The number of hydrogen-bond acceptors (Lipinski definition) is 2. The molecule has 21 heavy (non-hydrogen) atoms. The van der Waals surface area contributed by atoms with Crippen molar-refractivity contribution in [3.05, 3.63) is 71.8 Å². The van der Waals surface area contributed by atoms with Crippen molar-refractivity contribution in [2.24, 2.45) is 5.92 Å². The number of alkyl halides is 1. The van der Waals surface area contributed by atoms with Gasteiger partial charge in [0.2, 0.25) is 0 Å². The van der Waals surface area contributed by atoms with E-state index in [0.717, 1.165) is 26.7 Å². The third-order valence-electron chi connectivity index (χ3n) is 3.51. The van der Waals surface area contributed by atoms with Gasteiger partial charge >= 0.3 is 5.97 Å².